The Balaban J connectivity index is 2.13. The summed E-state index contributed by atoms with van der Waals surface area (Å²) in [4.78, 5) is 13.9. The van der Waals surface area contributed by atoms with E-state index in [1.54, 1.807) is 19.9 Å². The minimum absolute atomic E-state index is 0.158. The van der Waals surface area contributed by atoms with Gasteiger partial charge in [-0.3, -0.25) is 0 Å². The predicted octanol–water partition coefficient (Wildman–Crippen LogP) is 2.07. The van der Waals surface area contributed by atoms with E-state index >= 15 is 0 Å². The Bertz CT molecular complexity index is 626. The average Bonchev–Trinajstić information content (AvgIpc) is 3.06. The Kier molecular flexibility index (Phi) is 5.78. The predicted molar refractivity (Wildman–Crippen MR) is 89.7 cm³/mol. The second-order valence-corrected chi connectivity index (χ2v) is 5.60. The smallest absolute Gasteiger partial charge is 0.322 e. The van der Waals surface area contributed by atoms with E-state index < -0.39 is 6.10 Å². The van der Waals surface area contributed by atoms with Gasteiger partial charge in [0.15, 0.2) is 0 Å². The van der Waals surface area contributed by atoms with Gasteiger partial charge >= 0.3 is 6.03 Å². The van der Waals surface area contributed by atoms with E-state index in [1.165, 1.54) is 4.90 Å². The zero-order valence-corrected chi connectivity index (χ0v) is 13.4. The third-order valence-electron chi connectivity index (χ3n) is 3.52. The summed E-state index contributed by atoms with van der Waals surface area (Å²) in [6.45, 7) is 3.34. The van der Waals surface area contributed by atoms with Crippen molar-refractivity contribution < 1.29 is 15.0 Å². The van der Waals surface area contributed by atoms with Crippen LogP contribution in [0, 0.1) is 0 Å². The minimum atomic E-state index is -0.666. The van der Waals surface area contributed by atoms with Crippen molar-refractivity contribution in [1.82, 2.24) is 9.47 Å². The van der Waals surface area contributed by atoms with Crippen molar-refractivity contribution in [2.75, 3.05) is 18.5 Å². The Morgan fingerprint density at radius 3 is 2.57 bits per heavy atom. The molecule has 1 aromatic carbocycles. The Morgan fingerprint density at radius 2 is 1.96 bits per heavy atom. The van der Waals surface area contributed by atoms with Crippen LogP contribution in [0.3, 0.4) is 0 Å². The van der Waals surface area contributed by atoms with E-state index in [2.05, 4.69) is 5.32 Å². The van der Waals surface area contributed by atoms with E-state index in [1.807, 2.05) is 47.3 Å². The molecule has 6 heteroatoms. The number of amides is 2. The number of aliphatic hydroxyl groups excluding tert-OH is 2. The highest BCUT2D eigenvalue weighted by atomic mass is 16.3. The molecule has 0 aliphatic rings. The van der Waals surface area contributed by atoms with Gasteiger partial charge in [-0.05, 0) is 44.2 Å². The van der Waals surface area contributed by atoms with Crippen LogP contribution in [0.15, 0.2) is 48.8 Å². The van der Waals surface area contributed by atoms with E-state index in [0.717, 1.165) is 5.69 Å². The first-order valence-corrected chi connectivity index (χ1v) is 7.61. The number of benzene rings is 1. The number of carbonyl (C=O) groups is 1. The second kappa shape index (κ2) is 7.80. The van der Waals surface area contributed by atoms with Crippen molar-refractivity contribution in [1.29, 1.82) is 0 Å². The van der Waals surface area contributed by atoms with Crippen LogP contribution in [-0.2, 0) is 0 Å². The van der Waals surface area contributed by atoms with Crippen molar-refractivity contribution >= 4 is 11.7 Å². The highest BCUT2D eigenvalue weighted by Gasteiger charge is 2.21. The van der Waals surface area contributed by atoms with Crippen LogP contribution in [0.2, 0.25) is 0 Å². The van der Waals surface area contributed by atoms with Gasteiger partial charge in [0.05, 0.1) is 18.8 Å². The molecule has 3 N–H and O–H groups in total. The average molecular weight is 317 g/mol. The summed E-state index contributed by atoms with van der Waals surface area (Å²) in [6, 6.07) is 10.6. The standard InChI is InChI=1S/C17H23N3O3/c1-13(12-21)20(11-14(2)22)17(23)18-15-6-5-7-16(10-15)19-8-3-4-9-19/h3-10,13-14,21-22H,11-12H2,1-2H3,(H,18,23)/t13-,14+/m0/s1. The molecule has 0 unspecified atom stereocenters. The highest BCUT2D eigenvalue weighted by Crippen LogP contribution is 2.16. The number of rotatable bonds is 6. The monoisotopic (exact) mass is 317 g/mol. The third kappa shape index (κ3) is 4.58. The number of nitrogens with one attached hydrogen (secondary N) is 1. The molecule has 2 aromatic rings. The molecule has 1 heterocycles. The number of aliphatic hydroxyl groups is 2. The fourth-order valence-corrected chi connectivity index (χ4v) is 2.29. The van der Waals surface area contributed by atoms with E-state index in [0.29, 0.717) is 5.69 Å². The topological polar surface area (TPSA) is 77.7 Å². The number of anilines is 1. The van der Waals surface area contributed by atoms with Crippen molar-refractivity contribution in [2.24, 2.45) is 0 Å². The molecule has 0 bridgehead atoms. The lowest BCUT2D eigenvalue weighted by Gasteiger charge is -2.29. The summed E-state index contributed by atoms with van der Waals surface area (Å²) < 4.78 is 1.94. The van der Waals surface area contributed by atoms with Crippen LogP contribution < -0.4 is 5.32 Å². The van der Waals surface area contributed by atoms with Gasteiger partial charge in [0.1, 0.15) is 0 Å². The van der Waals surface area contributed by atoms with Crippen molar-refractivity contribution in [3.63, 3.8) is 0 Å². The summed E-state index contributed by atoms with van der Waals surface area (Å²) in [5, 5.41) is 21.7. The molecule has 0 saturated carbocycles. The molecule has 2 atom stereocenters. The largest absolute Gasteiger partial charge is 0.394 e. The summed E-state index contributed by atoms with van der Waals surface area (Å²) in [5.41, 5.74) is 1.59. The molecule has 0 spiro atoms. The van der Waals surface area contributed by atoms with Crippen LogP contribution in [0.25, 0.3) is 5.69 Å². The SMILES string of the molecule is C[C@@H](O)CN(C(=O)Nc1cccc(-n2cccc2)c1)[C@@H](C)CO. The van der Waals surface area contributed by atoms with Gasteiger partial charge in [-0.1, -0.05) is 6.07 Å². The first-order chi connectivity index (χ1) is 11.0. The fraction of sp³-hybridized carbons (Fsp3) is 0.353. The van der Waals surface area contributed by atoms with Crippen LogP contribution in [0.4, 0.5) is 10.5 Å². The molecule has 1 aromatic heterocycles. The molecule has 0 saturated heterocycles. The van der Waals surface area contributed by atoms with E-state index in [4.69, 9.17) is 0 Å². The Hall–Kier alpha value is -2.31. The maximum atomic E-state index is 12.4. The van der Waals surface area contributed by atoms with Crippen LogP contribution in [0.5, 0.6) is 0 Å². The van der Waals surface area contributed by atoms with Crippen LogP contribution in [-0.4, -0.2) is 51.0 Å². The number of hydrogen-bond donors (Lipinski definition) is 3. The summed E-state index contributed by atoms with van der Waals surface area (Å²) in [5.74, 6) is 0. The number of aromatic nitrogens is 1. The zero-order chi connectivity index (χ0) is 16.8. The molecule has 2 rings (SSSR count). The summed E-state index contributed by atoms with van der Waals surface area (Å²) in [6.07, 6.45) is 3.18. The zero-order valence-electron chi connectivity index (χ0n) is 13.4. The van der Waals surface area contributed by atoms with Gasteiger partial charge in [-0.25, -0.2) is 4.79 Å². The van der Waals surface area contributed by atoms with Crippen molar-refractivity contribution in [3.05, 3.63) is 48.8 Å². The first kappa shape index (κ1) is 17.1. The van der Waals surface area contributed by atoms with Crippen LogP contribution in [0.1, 0.15) is 13.8 Å². The summed E-state index contributed by atoms with van der Waals surface area (Å²) in [7, 11) is 0. The van der Waals surface area contributed by atoms with Crippen LogP contribution >= 0.6 is 0 Å². The van der Waals surface area contributed by atoms with Gasteiger partial charge in [-0.2, -0.15) is 0 Å². The lowest BCUT2D eigenvalue weighted by molar-refractivity contribution is 0.0995. The lowest BCUT2D eigenvalue weighted by atomic mass is 10.2. The van der Waals surface area contributed by atoms with Crippen molar-refractivity contribution in [2.45, 2.75) is 26.0 Å². The van der Waals surface area contributed by atoms with Gasteiger partial charge in [0.25, 0.3) is 0 Å². The second-order valence-electron chi connectivity index (χ2n) is 5.60. The third-order valence-corrected chi connectivity index (χ3v) is 3.52. The molecule has 2 amide bonds. The van der Waals surface area contributed by atoms with Crippen molar-refractivity contribution in [3.8, 4) is 5.69 Å². The molecule has 6 nitrogen and oxygen atoms in total. The minimum Gasteiger partial charge on any atom is -0.394 e. The molecule has 124 valence electrons. The Morgan fingerprint density at radius 1 is 1.26 bits per heavy atom. The molecule has 0 radical (unpaired) electrons. The van der Waals surface area contributed by atoms with Gasteiger partial charge in [0, 0.05) is 30.3 Å². The van der Waals surface area contributed by atoms with E-state index in [-0.39, 0.29) is 25.2 Å². The fourth-order valence-electron chi connectivity index (χ4n) is 2.29. The van der Waals surface area contributed by atoms with E-state index in [9.17, 15) is 15.0 Å². The number of urea groups is 1. The van der Waals surface area contributed by atoms with Gasteiger partial charge in [0.2, 0.25) is 0 Å². The number of carbonyl (C=O) groups excluding carboxylic acids is 1. The Labute approximate surface area is 136 Å². The van der Waals surface area contributed by atoms with Gasteiger partial charge in [-0.15, -0.1) is 0 Å². The summed E-state index contributed by atoms with van der Waals surface area (Å²) >= 11 is 0. The maximum Gasteiger partial charge on any atom is 0.322 e. The first-order valence-electron chi connectivity index (χ1n) is 7.61. The maximum absolute atomic E-state index is 12.4. The molecule has 0 aliphatic heterocycles. The molecule has 0 fully saturated rings. The lowest BCUT2D eigenvalue weighted by Crippen LogP contribution is -2.46. The number of nitrogens with zero attached hydrogens (tertiary/aromatic N) is 2. The normalized spacial score (nSPS) is 13.4. The van der Waals surface area contributed by atoms with Gasteiger partial charge < -0.3 is 25.0 Å². The molecule has 23 heavy (non-hydrogen) atoms. The quantitative estimate of drug-likeness (QED) is 0.763. The molecule has 0 aliphatic carbocycles. The highest BCUT2D eigenvalue weighted by molar-refractivity contribution is 5.89. The molecular formula is C17H23N3O3. The molecular weight excluding hydrogens is 294 g/mol. The number of hydrogen-bond acceptors (Lipinski definition) is 3.